The summed E-state index contributed by atoms with van der Waals surface area (Å²) >= 11 is 0. The highest BCUT2D eigenvalue weighted by atomic mass is 16.5. The van der Waals surface area contributed by atoms with E-state index in [9.17, 15) is 9.59 Å². The average molecular weight is 275 g/mol. The van der Waals surface area contributed by atoms with Crippen molar-refractivity contribution in [2.75, 3.05) is 39.0 Å². The monoisotopic (exact) mass is 275 g/mol. The zero-order valence-corrected chi connectivity index (χ0v) is 11.3. The zero-order valence-electron chi connectivity index (χ0n) is 11.3. The fraction of sp³-hybridized carbons (Fsp3) is 0.429. The lowest BCUT2D eigenvalue weighted by Gasteiger charge is -2.31. The van der Waals surface area contributed by atoms with Gasteiger partial charge in [0.25, 0.3) is 11.8 Å². The second-order valence-corrected chi connectivity index (χ2v) is 5.25. The molecule has 1 fully saturated rings. The van der Waals surface area contributed by atoms with Gasteiger partial charge in [0.15, 0.2) is 0 Å². The highest BCUT2D eigenvalue weighted by Crippen LogP contribution is 2.27. The Bertz CT molecular complexity index is 573. The lowest BCUT2D eigenvalue weighted by atomic mass is 10.1. The maximum absolute atomic E-state index is 12.3. The molecule has 0 aliphatic carbocycles. The molecule has 106 valence electrons. The summed E-state index contributed by atoms with van der Waals surface area (Å²) in [6.07, 6.45) is -0.141. The van der Waals surface area contributed by atoms with Crippen LogP contribution < -0.4 is 5.73 Å². The van der Waals surface area contributed by atoms with Gasteiger partial charge >= 0.3 is 0 Å². The molecule has 1 atom stereocenters. The summed E-state index contributed by atoms with van der Waals surface area (Å²) in [5, 5.41) is 0. The third-order valence-electron chi connectivity index (χ3n) is 3.76. The fourth-order valence-corrected chi connectivity index (χ4v) is 2.71. The number of nitrogens with two attached hydrogens (primary N) is 1. The van der Waals surface area contributed by atoms with E-state index in [1.165, 1.54) is 4.90 Å². The first kappa shape index (κ1) is 13.1. The summed E-state index contributed by atoms with van der Waals surface area (Å²) in [7, 11) is 2.00. The van der Waals surface area contributed by atoms with Gasteiger partial charge in [-0.1, -0.05) is 6.07 Å². The molecule has 6 nitrogen and oxygen atoms in total. The maximum Gasteiger partial charge on any atom is 0.263 e. The van der Waals surface area contributed by atoms with Crippen LogP contribution in [0.4, 0.5) is 5.69 Å². The van der Waals surface area contributed by atoms with Crippen LogP contribution in [-0.2, 0) is 4.74 Å². The van der Waals surface area contributed by atoms with Crippen molar-refractivity contribution in [3.63, 3.8) is 0 Å². The molecule has 2 aliphatic heterocycles. The minimum Gasteiger partial charge on any atom is -0.398 e. The second-order valence-electron chi connectivity index (χ2n) is 5.25. The average Bonchev–Trinajstić information content (AvgIpc) is 2.65. The number of morpholine rings is 1. The molecule has 2 heterocycles. The summed E-state index contributed by atoms with van der Waals surface area (Å²) in [6.45, 7) is 2.47. The Morgan fingerprint density at radius 1 is 1.35 bits per heavy atom. The van der Waals surface area contributed by atoms with E-state index >= 15 is 0 Å². The number of hydrogen-bond donors (Lipinski definition) is 1. The molecular formula is C14H17N3O3. The van der Waals surface area contributed by atoms with Gasteiger partial charge < -0.3 is 15.4 Å². The molecule has 6 heteroatoms. The Hall–Kier alpha value is -1.92. The predicted molar refractivity (Wildman–Crippen MR) is 73.5 cm³/mol. The third-order valence-corrected chi connectivity index (χ3v) is 3.76. The van der Waals surface area contributed by atoms with E-state index in [-0.39, 0.29) is 24.5 Å². The van der Waals surface area contributed by atoms with Crippen LogP contribution in [0.3, 0.4) is 0 Å². The SMILES string of the molecule is CN1CCOC(CN2C(=O)c3cccc(N)c3C2=O)C1. The first-order valence-corrected chi connectivity index (χ1v) is 6.62. The molecular weight excluding hydrogens is 258 g/mol. The fourth-order valence-electron chi connectivity index (χ4n) is 2.71. The number of benzene rings is 1. The van der Waals surface area contributed by atoms with Crippen LogP contribution in [0, 0.1) is 0 Å². The van der Waals surface area contributed by atoms with Crippen molar-refractivity contribution >= 4 is 17.5 Å². The first-order chi connectivity index (χ1) is 9.58. The third kappa shape index (κ3) is 2.07. The van der Waals surface area contributed by atoms with Gasteiger partial charge in [-0.3, -0.25) is 14.5 Å². The topological polar surface area (TPSA) is 75.9 Å². The molecule has 20 heavy (non-hydrogen) atoms. The number of rotatable bonds is 2. The summed E-state index contributed by atoms with van der Waals surface area (Å²) in [5.41, 5.74) is 6.86. The number of likely N-dealkylation sites (N-methyl/N-ethyl adjacent to an activating group) is 1. The molecule has 2 aliphatic rings. The first-order valence-electron chi connectivity index (χ1n) is 6.62. The molecule has 0 radical (unpaired) electrons. The summed E-state index contributed by atoms with van der Waals surface area (Å²) in [6, 6.07) is 4.96. The van der Waals surface area contributed by atoms with E-state index < -0.39 is 0 Å². The van der Waals surface area contributed by atoms with Gasteiger partial charge in [0.2, 0.25) is 0 Å². The number of nitrogen functional groups attached to an aromatic ring is 1. The number of anilines is 1. The predicted octanol–water partition coefficient (Wildman–Crippen LogP) is 0.195. The molecule has 1 aromatic carbocycles. The molecule has 0 aromatic heterocycles. The summed E-state index contributed by atoms with van der Waals surface area (Å²) < 4.78 is 5.62. The van der Waals surface area contributed by atoms with Crippen molar-refractivity contribution < 1.29 is 14.3 Å². The molecule has 2 N–H and O–H groups in total. The summed E-state index contributed by atoms with van der Waals surface area (Å²) in [5.74, 6) is -0.603. The minimum atomic E-state index is -0.320. The van der Waals surface area contributed by atoms with Crippen molar-refractivity contribution in [3.05, 3.63) is 29.3 Å². The Labute approximate surface area is 117 Å². The van der Waals surface area contributed by atoms with Crippen LogP contribution in [0.2, 0.25) is 0 Å². The molecule has 0 saturated carbocycles. The van der Waals surface area contributed by atoms with E-state index in [1.807, 2.05) is 7.05 Å². The number of ether oxygens (including phenoxy) is 1. The van der Waals surface area contributed by atoms with E-state index in [4.69, 9.17) is 10.5 Å². The van der Waals surface area contributed by atoms with Crippen molar-refractivity contribution in [1.82, 2.24) is 9.80 Å². The van der Waals surface area contributed by atoms with Crippen molar-refractivity contribution in [1.29, 1.82) is 0 Å². The Kier molecular flexibility index (Phi) is 3.19. The van der Waals surface area contributed by atoms with Crippen LogP contribution in [-0.4, -0.2) is 61.0 Å². The highest BCUT2D eigenvalue weighted by molar-refractivity contribution is 6.23. The van der Waals surface area contributed by atoms with Gasteiger partial charge in [0.1, 0.15) is 0 Å². The molecule has 0 bridgehead atoms. The van der Waals surface area contributed by atoms with E-state index in [0.29, 0.717) is 30.0 Å². The van der Waals surface area contributed by atoms with Crippen molar-refractivity contribution in [2.45, 2.75) is 6.10 Å². The van der Waals surface area contributed by atoms with Crippen molar-refractivity contribution in [3.8, 4) is 0 Å². The van der Waals surface area contributed by atoms with Gasteiger partial charge in [-0.25, -0.2) is 0 Å². The normalized spacial score (nSPS) is 23.2. The number of carbonyl (C=O) groups is 2. The largest absolute Gasteiger partial charge is 0.398 e. The molecule has 1 aromatic rings. The minimum absolute atomic E-state index is 0.141. The van der Waals surface area contributed by atoms with Crippen LogP contribution >= 0.6 is 0 Å². The van der Waals surface area contributed by atoms with Gasteiger partial charge in [-0.2, -0.15) is 0 Å². The lowest BCUT2D eigenvalue weighted by Crippen LogP contribution is -2.47. The molecule has 1 unspecified atom stereocenters. The molecule has 1 saturated heterocycles. The highest BCUT2D eigenvalue weighted by Gasteiger charge is 2.38. The van der Waals surface area contributed by atoms with Gasteiger partial charge in [-0.05, 0) is 19.2 Å². The second kappa shape index (κ2) is 4.88. The standard InChI is InChI=1S/C14H17N3O3/c1-16-5-6-20-9(7-16)8-17-13(18)10-3-2-4-11(15)12(10)14(17)19/h2-4,9H,5-8,15H2,1H3. The quantitative estimate of drug-likeness (QED) is 0.616. The van der Waals surface area contributed by atoms with Crippen LogP contribution in [0.5, 0.6) is 0 Å². The van der Waals surface area contributed by atoms with Crippen LogP contribution in [0.1, 0.15) is 20.7 Å². The smallest absolute Gasteiger partial charge is 0.263 e. The van der Waals surface area contributed by atoms with Gasteiger partial charge in [-0.15, -0.1) is 0 Å². The Morgan fingerprint density at radius 2 is 2.15 bits per heavy atom. The maximum atomic E-state index is 12.3. The Morgan fingerprint density at radius 3 is 2.85 bits per heavy atom. The van der Waals surface area contributed by atoms with E-state index in [2.05, 4.69) is 4.90 Å². The lowest BCUT2D eigenvalue weighted by molar-refractivity contribution is -0.0297. The van der Waals surface area contributed by atoms with Crippen LogP contribution in [0.15, 0.2) is 18.2 Å². The summed E-state index contributed by atoms with van der Waals surface area (Å²) in [4.78, 5) is 28.0. The van der Waals surface area contributed by atoms with E-state index in [1.54, 1.807) is 18.2 Å². The van der Waals surface area contributed by atoms with Crippen LogP contribution in [0.25, 0.3) is 0 Å². The zero-order chi connectivity index (χ0) is 14.3. The number of amides is 2. The van der Waals surface area contributed by atoms with Crippen molar-refractivity contribution in [2.24, 2.45) is 0 Å². The number of carbonyl (C=O) groups excluding carboxylic acids is 2. The van der Waals surface area contributed by atoms with E-state index in [0.717, 1.165) is 6.54 Å². The van der Waals surface area contributed by atoms with Gasteiger partial charge in [0.05, 0.1) is 30.4 Å². The number of hydrogen-bond acceptors (Lipinski definition) is 5. The molecule has 0 spiro atoms. The molecule has 3 rings (SSSR count). The molecule has 2 amide bonds. The number of imide groups is 1. The number of nitrogens with zero attached hydrogens (tertiary/aromatic N) is 2. The number of fused-ring (bicyclic) bond motifs is 1. The van der Waals surface area contributed by atoms with Gasteiger partial charge in [0, 0.05) is 18.8 Å². The Balaban J connectivity index is 1.81.